The highest BCUT2D eigenvalue weighted by atomic mass is 15.0. The molecule has 2 aliphatic rings. The molecular weight excluding hydrogens is 222 g/mol. The lowest BCUT2D eigenvalue weighted by Gasteiger charge is -2.19. The molecule has 0 aliphatic heterocycles. The van der Waals surface area contributed by atoms with Crippen LogP contribution in [0.2, 0.25) is 0 Å². The largest absolute Gasteiger partial charge is 0.382 e. The lowest BCUT2D eigenvalue weighted by Crippen LogP contribution is -2.24. The van der Waals surface area contributed by atoms with Gasteiger partial charge in [-0.15, -0.1) is 0 Å². The van der Waals surface area contributed by atoms with Gasteiger partial charge in [0.1, 0.15) is 12.1 Å². The molecule has 1 N–H and O–H groups in total. The van der Waals surface area contributed by atoms with Gasteiger partial charge in [-0.1, -0.05) is 0 Å². The SMILES string of the molecule is N#Cc1ccc(NC(C2CC2)C2CC2)cc1C#N. The Hall–Kier alpha value is -2.00. The molecule has 1 aromatic carbocycles. The number of hydrogen-bond acceptors (Lipinski definition) is 3. The fourth-order valence-electron chi connectivity index (χ4n) is 2.55. The van der Waals surface area contributed by atoms with Crippen molar-refractivity contribution in [3.8, 4) is 12.1 Å². The molecule has 90 valence electrons. The smallest absolute Gasteiger partial charge is 0.101 e. The molecule has 2 saturated carbocycles. The maximum atomic E-state index is 9.02. The minimum absolute atomic E-state index is 0.456. The van der Waals surface area contributed by atoms with E-state index in [4.69, 9.17) is 10.5 Å². The topological polar surface area (TPSA) is 59.6 Å². The van der Waals surface area contributed by atoms with Gasteiger partial charge in [-0.3, -0.25) is 0 Å². The average molecular weight is 237 g/mol. The molecule has 2 aliphatic carbocycles. The van der Waals surface area contributed by atoms with Crippen molar-refractivity contribution in [3.63, 3.8) is 0 Å². The van der Waals surface area contributed by atoms with Crippen molar-refractivity contribution in [2.75, 3.05) is 5.32 Å². The second-order valence-electron chi connectivity index (χ2n) is 5.33. The molecule has 3 rings (SSSR count). The summed E-state index contributed by atoms with van der Waals surface area (Å²) in [5.74, 6) is 1.64. The lowest BCUT2D eigenvalue weighted by atomic mass is 10.0. The van der Waals surface area contributed by atoms with Crippen molar-refractivity contribution in [3.05, 3.63) is 29.3 Å². The van der Waals surface area contributed by atoms with Gasteiger partial charge in [-0.25, -0.2) is 0 Å². The van der Waals surface area contributed by atoms with Crippen LogP contribution in [0.1, 0.15) is 36.8 Å². The van der Waals surface area contributed by atoms with Gasteiger partial charge in [-0.2, -0.15) is 10.5 Å². The van der Waals surface area contributed by atoms with Gasteiger partial charge in [0.05, 0.1) is 11.1 Å². The standard InChI is InChI=1S/C15H15N3/c16-8-12-5-6-14(7-13(12)9-17)18-15(10-1-2-10)11-3-4-11/h5-7,10-11,15,18H,1-4H2. The van der Waals surface area contributed by atoms with Crippen LogP contribution in [0.25, 0.3) is 0 Å². The van der Waals surface area contributed by atoms with E-state index in [1.807, 2.05) is 12.1 Å². The van der Waals surface area contributed by atoms with Gasteiger partial charge in [0.15, 0.2) is 0 Å². The number of nitrogens with one attached hydrogen (secondary N) is 1. The quantitative estimate of drug-likeness (QED) is 0.875. The van der Waals surface area contributed by atoms with Crippen LogP contribution in [-0.2, 0) is 0 Å². The molecule has 0 radical (unpaired) electrons. The van der Waals surface area contributed by atoms with Crippen LogP contribution in [0.4, 0.5) is 5.69 Å². The fraction of sp³-hybridized carbons (Fsp3) is 0.467. The van der Waals surface area contributed by atoms with Gasteiger partial charge in [0.25, 0.3) is 0 Å². The van der Waals surface area contributed by atoms with Crippen molar-refractivity contribution in [2.45, 2.75) is 31.7 Å². The van der Waals surface area contributed by atoms with Crippen LogP contribution in [0.5, 0.6) is 0 Å². The zero-order valence-electron chi connectivity index (χ0n) is 10.2. The van der Waals surface area contributed by atoms with Gasteiger partial charge in [0, 0.05) is 11.7 Å². The molecule has 3 nitrogen and oxygen atoms in total. The third-order valence-corrected chi connectivity index (χ3v) is 3.85. The summed E-state index contributed by atoms with van der Waals surface area (Å²) in [6, 6.07) is 10.2. The summed E-state index contributed by atoms with van der Waals surface area (Å²) in [7, 11) is 0. The first-order chi connectivity index (χ1) is 8.81. The van der Waals surface area contributed by atoms with Crippen LogP contribution < -0.4 is 5.32 Å². The van der Waals surface area contributed by atoms with Crippen molar-refractivity contribution in [1.29, 1.82) is 10.5 Å². The third kappa shape index (κ3) is 2.17. The molecule has 0 saturated heterocycles. The lowest BCUT2D eigenvalue weighted by molar-refractivity contribution is 0.568. The molecule has 3 heteroatoms. The Morgan fingerprint density at radius 3 is 2.11 bits per heavy atom. The Labute approximate surface area is 107 Å². The van der Waals surface area contributed by atoms with E-state index in [-0.39, 0.29) is 0 Å². The van der Waals surface area contributed by atoms with Crippen LogP contribution in [0, 0.1) is 34.5 Å². The summed E-state index contributed by atoms with van der Waals surface area (Å²) in [5, 5.41) is 21.5. The number of hydrogen-bond donors (Lipinski definition) is 1. The van der Waals surface area contributed by atoms with Crippen molar-refractivity contribution in [2.24, 2.45) is 11.8 Å². The number of anilines is 1. The monoisotopic (exact) mass is 237 g/mol. The predicted octanol–water partition coefficient (Wildman–Crippen LogP) is 3.03. The van der Waals surface area contributed by atoms with E-state index in [2.05, 4.69) is 11.4 Å². The Morgan fingerprint density at radius 2 is 1.61 bits per heavy atom. The maximum Gasteiger partial charge on any atom is 0.101 e. The summed E-state index contributed by atoms with van der Waals surface area (Å²) in [4.78, 5) is 0. The highest BCUT2D eigenvalue weighted by Gasteiger charge is 2.41. The number of nitriles is 2. The van der Waals surface area contributed by atoms with E-state index < -0.39 is 0 Å². The number of rotatable bonds is 4. The molecule has 18 heavy (non-hydrogen) atoms. The first-order valence-electron chi connectivity index (χ1n) is 6.52. The molecule has 0 aromatic heterocycles. The molecule has 0 amide bonds. The molecule has 0 heterocycles. The Kier molecular flexibility index (Phi) is 2.68. The number of nitrogens with zero attached hydrogens (tertiary/aromatic N) is 2. The second kappa shape index (κ2) is 4.35. The second-order valence-corrected chi connectivity index (χ2v) is 5.33. The first-order valence-corrected chi connectivity index (χ1v) is 6.52. The average Bonchev–Trinajstić information content (AvgIpc) is 3.29. The first kappa shape index (κ1) is 11.1. The molecular formula is C15H15N3. The van der Waals surface area contributed by atoms with Crippen LogP contribution in [0.15, 0.2) is 18.2 Å². The van der Waals surface area contributed by atoms with E-state index in [0.717, 1.165) is 17.5 Å². The summed E-state index contributed by atoms with van der Waals surface area (Å²) in [5.41, 5.74) is 1.90. The van der Waals surface area contributed by atoms with E-state index in [1.165, 1.54) is 25.7 Å². The minimum Gasteiger partial charge on any atom is -0.382 e. The molecule has 1 aromatic rings. The van der Waals surface area contributed by atoms with E-state index in [1.54, 1.807) is 12.1 Å². The Bertz CT molecular complexity index is 530. The summed E-state index contributed by atoms with van der Waals surface area (Å²) in [6.45, 7) is 0. The zero-order chi connectivity index (χ0) is 12.5. The fourth-order valence-corrected chi connectivity index (χ4v) is 2.55. The van der Waals surface area contributed by atoms with Gasteiger partial charge in [0.2, 0.25) is 0 Å². The van der Waals surface area contributed by atoms with Crippen LogP contribution in [0.3, 0.4) is 0 Å². The van der Waals surface area contributed by atoms with Gasteiger partial charge in [-0.05, 0) is 55.7 Å². The molecule has 0 atom stereocenters. The van der Waals surface area contributed by atoms with E-state index in [0.29, 0.717) is 17.2 Å². The van der Waals surface area contributed by atoms with Crippen molar-refractivity contribution >= 4 is 5.69 Å². The highest BCUT2D eigenvalue weighted by Crippen LogP contribution is 2.45. The molecule has 0 unspecified atom stereocenters. The zero-order valence-corrected chi connectivity index (χ0v) is 10.2. The van der Waals surface area contributed by atoms with Gasteiger partial charge < -0.3 is 5.32 Å². The van der Waals surface area contributed by atoms with E-state index >= 15 is 0 Å². The number of benzene rings is 1. The van der Waals surface area contributed by atoms with Crippen molar-refractivity contribution in [1.82, 2.24) is 0 Å². The predicted molar refractivity (Wildman–Crippen MR) is 68.7 cm³/mol. The summed E-state index contributed by atoms with van der Waals surface area (Å²) in [6.07, 6.45) is 5.32. The third-order valence-electron chi connectivity index (χ3n) is 3.85. The van der Waals surface area contributed by atoms with Crippen LogP contribution in [-0.4, -0.2) is 6.04 Å². The van der Waals surface area contributed by atoms with E-state index in [9.17, 15) is 0 Å². The summed E-state index contributed by atoms with van der Waals surface area (Å²) < 4.78 is 0. The van der Waals surface area contributed by atoms with Crippen LogP contribution >= 0.6 is 0 Å². The normalized spacial score (nSPS) is 18.2. The summed E-state index contributed by atoms with van der Waals surface area (Å²) >= 11 is 0. The maximum absolute atomic E-state index is 9.02. The Balaban J connectivity index is 1.80. The minimum atomic E-state index is 0.456. The molecule has 2 fully saturated rings. The molecule has 0 bridgehead atoms. The highest BCUT2D eigenvalue weighted by molar-refractivity contribution is 5.56. The Morgan fingerprint density at radius 1 is 1.00 bits per heavy atom. The van der Waals surface area contributed by atoms with Gasteiger partial charge >= 0.3 is 0 Å². The van der Waals surface area contributed by atoms with Crippen molar-refractivity contribution < 1.29 is 0 Å². The molecule has 0 spiro atoms.